The van der Waals surface area contributed by atoms with Gasteiger partial charge in [-0.05, 0) is 50.5 Å². The van der Waals surface area contributed by atoms with E-state index in [1.807, 2.05) is 0 Å². The summed E-state index contributed by atoms with van der Waals surface area (Å²) in [6.07, 6.45) is 5.74. The summed E-state index contributed by atoms with van der Waals surface area (Å²) in [6.45, 7) is 4.97. The molecule has 19 heavy (non-hydrogen) atoms. The SMILES string of the molecule is CCOc1ccc(C)cc1C(Br)C1C2CCCCC21. The van der Waals surface area contributed by atoms with Crippen molar-refractivity contribution in [1.82, 2.24) is 0 Å². The van der Waals surface area contributed by atoms with Crippen LogP contribution in [-0.4, -0.2) is 6.61 Å². The first-order valence-corrected chi connectivity index (χ1v) is 8.51. The molecule has 0 N–H and O–H groups in total. The van der Waals surface area contributed by atoms with Crippen molar-refractivity contribution in [3.63, 3.8) is 0 Å². The Bertz CT molecular complexity index is 445. The molecule has 3 unspecified atom stereocenters. The molecule has 2 heteroatoms. The Morgan fingerprint density at radius 3 is 2.58 bits per heavy atom. The molecule has 0 aromatic heterocycles. The summed E-state index contributed by atoms with van der Waals surface area (Å²) in [5, 5.41) is 0. The molecule has 3 atom stereocenters. The number of halogens is 1. The van der Waals surface area contributed by atoms with Crippen LogP contribution in [0.5, 0.6) is 5.75 Å². The number of aryl methyl sites for hydroxylation is 1. The molecule has 0 aliphatic heterocycles. The Labute approximate surface area is 124 Å². The highest BCUT2D eigenvalue weighted by molar-refractivity contribution is 9.09. The second kappa shape index (κ2) is 5.47. The van der Waals surface area contributed by atoms with Gasteiger partial charge in [0.1, 0.15) is 5.75 Å². The summed E-state index contributed by atoms with van der Waals surface area (Å²) in [5.74, 6) is 3.84. The lowest BCUT2D eigenvalue weighted by atomic mass is 10.0. The van der Waals surface area contributed by atoms with E-state index in [-0.39, 0.29) is 0 Å². The third-order valence-electron chi connectivity index (χ3n) is 4.82. The molecule has 0 spiro atoms. The fraction of sp³-hybridized carbons (Fsp3) is 0.647. The molecule has 0 heterocycles. The number of ether oxygens (including phenoxy) is 1. The minimum absolute atomic E-state index is 0.474. The topological polar surface area (TPSA) is 9.23 Å². The monoisotopic (exact) mass is 322 g/mol. The maximum Gasteiger partial charge on any atom is 0.123 e. The van der Waals surface area contributed by atoms with Crippen LogP contribution < -0.4 is 4.74 Å². The average Bonchev–Trinajstić information content (AvgIpc) is 3.14. The van der Waals surface area contributed by atoms with E-state index in [4.69, 9.17) is 4.74 Å². The molecule has 0 bridgehead atoms. The molecule has 104 valence electrons. The van der Waals surface area contributed by atoms with Crippen LogP contribution >= 0.6 is 15.9 Å². The first-order valence-electron chi connectivity index (χ1n) is 7.59. The molecule has 2 saturated carbocycles. The standard InChI is InChI=1S/C17H23BrO/c1-3-19-15-9-8-11(2)10-14(15)17(18)16-12-6-4-5-7-13(12)16/h8-10,12-13,16-17H,3-7H2,1-2H3. The van der Waals surface area contributed by atoms with Gasteiger partial charge in [-0.3, -0.25) is 0 Å². The van der Waals surface area contributed by atoms with Gasteiger partial charge in [0.25, 0.3) is 0 Å². The summed E-state index contributed by atoms with van der Waals surface area (Å²) in [6, 6.07) is 6.58. The zero-order chi connectivity index (χ0) is 13.4. The summed E-state index contributed by atoms with van der Waals surface area (Å²) < 4.78 is 5.81. The molecule has 2 aliphatic carbocycles. The zero-order valence-electron chi connectivity index (χ0n) is 11.9. The van der Waals surface area contributed by atoms with Gasteiger partial charge in [0.15, 0.2) is 0 Å². The Hall–Kier alpha value is -0.500. The predicted octanol–water partition coefficient (Wildman–Crippen LogP) is 5.27. The fourth-order valence-electron chi connectivity index (χ4n) is 3.86. The summed E-state index contributed by atoms with van der Waals surface area (Å²) in [4.78, 5) is 0.474. The van der Waals surface area contributed by atoms with Crippen molar-refractivity contribution in [1.29, 1.82) is 0 Å². The molecule has 3 rings (SSSR count). The van der Waals surface area contributed by atoms with Crippen molar-refractivity contribution in [3.05, 3.63) is 29.3 Å². The normalized spacial score (nSPS) is 30.6. The molecule has 1 aromatic carbocycles. The number of hydrogen-bond donors (Lipinski definition) is 0. The highest BCUT2D eigenvalue weighted by Gasteiger charge is 2.54. The van der Waals surface area contributed by atoms with Gasteiger partial charge >= 0.3 is 0 Å². The van der Waals surface area contributed by atoms with E-state index in [0.29, 0.717) is 4.83 Å². The maximum absolute atomic E-state index is 5.81. The van der Waals surface area contributed by atoms with E-state index in [2.05, 4.69) is 48.0 Å². The van der Waals surface area contributed by atoms with Gasteiger partial charge in [-0.1, -0.05) is 46.5 Å². The lowest BCUT2D eigenvalue weighted by Gasteiger charge is -2.16. The number of hydrogen-bond acceptors (Lipinski definition) is 1. The third-order valence-corrected chi connectivity index (χ3v) is 5.93. The van der Waals surface area contributed by atoms with Crippen molar-refractivity contribution in [3.8, 4) is 5.75 Å². The fourth-order valence-corrected chi connectivity index (χ4v) is 5.00. The molecular weight excluding hydrogens is 300 g/mol. The van der Waals surface area contributed by atoms with Crippen LogP contribution in [0.3, 0.4) is 0 Å². The van der Waals surface area contributed by atoms with E-state index < -0.39 is 0 Å². The Morgan fingerprint density at radius 2 is 1.95 bits per heavy atom. The van der Waals surface area contributed by atoms with Gasteiger partial charge < -0.3 is 4.74 Å². The minimum Gasteiger partial charge on any atom is -0.494 e. The van der Waals surface area contributed by atoms with Gasteiger partial charge in [-0.25, -0.2) is 0 Å². The summed E-state index contributed by atoms with van der Waals surface area (Å²) in [5.41, 5.74) is 2.69. The third kappa shape index (κ3) is 2.56. The average molecular weight is 323 g/mol. The van der Waals surface area contributed by atoms with E-state index in [0.717, 1.165) is 30.1 Å². The van der Waals surface area contributed by atoms with Crippen LogP contribution in [0.4, 0.5) is 0 Å². The van der Waals surface area contributed by atoms with E-state index in [9.17, 15) is 0 Å². The van der Waals surface area contributed by atoms with Crippen molar-refractivity contribution in [2.45, 2.75) is 44.4 Å². The predicted molar refractivity (Wildman–Crippen MR) is 83.0 cm³/mol. The largest absolute Gasteiger partial charge is 0.494 e. The van der Waals surface area contributed by atoms with Crippen LogP contribution in [0, 0.1) is 24.7 Å². The molecule has 1 aromatic rings. The molecule has 0 radical (unpaired) electrons. The lowest BCUT2D eigenvalue weighted by Crippen LogP contribution is -2.02. The van der Waals surface area contributed by atoms with Crippen molar-refractivity contribution >= 4 is 15.9 Å². The minimum atomic E-state index is 0.474. The smallest absolute Gasteiger partial charge is 0.123 e. The Kier molecular flexibility index (Phi) is 3.88. The van der Waals surface area contributed by atoms with Crippen molar-refractivity contribution < 1.29 is 4.74 Å². The second-order valence-electron chi connectivity index (χ2n) is 6.07. The number of rotatable bonds is 4. The summed E-state index contributed by atoms with van der Waals surface area (Å²) >= 11 is 3.98. The molecule has 0 amide bonds. The van der Waals surface area contributed by atoms with E-state index in [1.54, 1.807) is 0 Å². The van der Waals surface area contributed by atoms with Crippen LogP contribution in [0.1, 0.15) is 48.6 Å². The number of benzene rings is 1. The first kappa shape index (κ1) is 13.5. The first-order chi connectivity index (χ1) is 9.22. The molecule has 2 fully saturated rings. The molecular formula is C17H23BrO. The Morgan fingerprint density at radius 1 is 1.26 bits per heavy atom. The van der Waals surface area contributed by atoms with Gasteiger partial charge in [0.2, 0.25) is 0 Å². The van der Waals surface area contributed by atoms with Crippen molar-refractivity contribution in [2.75, 3.05) is 6.61 Å². The van der Waals surface area contributed by atoms with Gasteiger partial charge in [-0.2, -0.15) is 0 Å². The quantitative estimate of drug-likeness (QED) is 0.686. The lowest BCUT2D eigenvalue weighted by molar-refractivity contribution is 0.335. The highest BCUT2D eigenvalue weighted by Crippen LogP contribution is 2.63. The summed E-state index contributed by atoms with van der Waals surface area (Å²) in [7, 11) is 0. The number of fused-ring (bicyclic) bond motifs is 1. The molecule has 0 saturated heterocycles. The van der Waals surface area contributed by atoms with Crippen LogP contribution in [-0.2, 0) is 0 Å². The number of alkyl halides is 1. The molecule has 2 aliphatic rings. The zero-order valence-corrected chi connectivity index (χ0v) is 13.4. The van der Waals surface area contributed by atoms with E-state index >= 15 is 0 Å². The Balaban J connectivity index is 1.82. The van der Waals surface area contributed by atoms with Crippen LogP contribution in [0.2, 0.25) is 0 Å². The van der Waals surface area contributed by atoms with Gasteiger partial charge in [-0.15, -0.1) is 0 Å². The van der Waals surface area contributed by atoms with Gasteiger partial charge in [0, 0.05) is 10.4 Å². The van der Waals surface area contributed by atoms with E-state index in [1.165, 1.54) is 36.8 Å². The van der Waals surface area contributed by atoms with Crippen molar-refractivity contribution in [2.24, 2.45) is 17.8 Å². The van der Waals surface area contributed by atoms with Crippen LogP contribution in [0.25, 0.3) is 0 Å². The second-order valence-corrected chi connectivity index (χ2v) is 7.05. The molecule has 1 nitrogen and oxygen atoms in total. The highest BCUT2D eigenvalue weighted by atomic mass is 79.9. The van der Waals surface area contributed by atoms with Crippen LogP contribution in [0.15, 0.2) is 18.2 Å². The van der Waals surface area contributed by atoms with Gasteiger partial charge in [0.05, 0.1) is 6.61 Å². The maximum atomic E-state index is 5.81.